The lowest BCUT2D eigenvalue weighted by molar-refractivity contribution is 0.655. The summed E-state index contributed by atoms with van der Waals surface area (Å²) < 4.78 is 0.613. The van der Waals surface area contributed by atoms with E-state index < -0.39 is 0 Å². The molecule has 0 amide bonds. The fraction of sp³-hybridized carbons (Fsp3) is 0.556. The van der Waals surface area contributed by atoms with E-state index in [0.717, 1.165) is 13.0 Å². The number of hydrogen-bond donors (Lipinski definition) is 2. The molecule has 0 aromatic carbocycles. The molecule has 0 spiro atoms. The number of H-pyrrole nitrogens is 1. The molecule has 1 aromatic heterocycles. The largest absolute Gasteiger partial charge is 0.359 e. The zero-order chi connectivity index (χ0) is 11.4. The molecule has 1 unspecified atom stereocenters. The van der Waals surface area contributed by atoms with E-state index in [1.54, 1.807) is 0 Å². The highest BCUT2D eigenvalue weighted by atomic mass is 127. The molecule has 0 radical (unpaired) electrons. The average molecular weight is 322 g/mol. The number of rotatable bonds is 4. The molecule has 3 N–H and O–H groups in total. The van der Waals surface area contributed by atoms with Gasteiger partial charge in [0.15, 0.2) is 0 Å². The number of nitrogens with zero attached hydrogens (tertiary/aromatic N) is 2. The van der Waals surface area contributed by atoms with Crippen LogP contribution in [0, 0.1) is 3.57 Å². The Hall–Kier alpha value is -0.630. The molecule has 1 heterocycles. The molecule has 0 aliphatic rings. The van der Waals surface area contributed by atoms with Gasteiger partial charge in [0.1, 0.15) is 9.39 Å². The zero-order valence-electron chi connectivity index (χ0n) is 8.83. The van der Waals surface area contributed by atoms with Crippen LogP contribution in [0.1, 0.15) is 13.3 Å². The van der Waals surface area contributed by atoms with Crippen LogP contribution < -0.4 is 16.2 Å². The third-order valence-corrected chi connectivity index (χ3v) is 3.03. The molecule has 5 nitrogen and oxygen atoms in total. The van der Waals surface area contributed by atoms with Crippen LogP contribution in [-0.2, 0) is 0 Å². The third-order valence-electron chi connectivity index (χ3n) is 2.06. The van der Waals surface area contributed by atoms with Gasteiger partial charge in [0.05, 0.1) is 6.33 Å². The van der Waals surface area contributed by atoms with E-state index in [-0.39, 0.29) is 11.6 Å². The smallest absolute Gasteiger partial charge is 0.266 e. The predicted octanol–water partition coefficient (Wildman–Crippen LogP) is 0.548. The van der Waals surface area contributed by atoms with Crippen molar-refractivity contribution in [2.24, 2.45) is 5.73 Å². The standard InChI is InChI=1S/C9H15IN4O/c1-6(11)3-4-14(2)8-7(10)9(15)13-5-12-8/h5-6H,3-4,11H2,1-2H3,(H,12,13,15). The monoisotopic (exact) mass is 322 g/mol. The molecular weight excluding hydrogens is 307 g/mol. The first kappa shape index (κ1) is 12.4. The van der Waals surface area contributed by atoms with Crippen LogP contribution in [0.15, 0.2) is 11.1 Å². The normalized spacial score (nSPS) is 12.5. The average Bonchev–Trinajstić information content (AvgIpc) is 2.18. The summed E-state index contributed by atoms with van der Waals surface area (Å²) in [5, 5.41) is 0. The van der Waals surface area contributed by atoms with Crippen LogP contribution in [0.5, 0.6) is 0 Å². The number of hydrogen-bond acceptors (Lipinski definition) is 4. The maximum Gasteiger partial charge on any atom is 0.266 e. The summed E-state index contributed by atoms with van der Waals surface area (Å²) in [6.07, 6.45) is 2.29. The Morgan fingerprint density at radius 3 is 3.00 bits per heavy atom. The second kappa shape index (κ2) is 5.45. The minimum absolute atomic E-state index is 0.103. The van der Waals surface area contributed by atoms with E-state index >= 15 is 0 Å². The zero-order valence-corrected chi connectivity index (χ0v) is 11.0. The number of nitrogens with one attached hydrogen (secondary N) is 1. The molecule has 6 heteroatoms. The lowest BCUT2D eigenvalue weighted by atomic mass is 10.2. The highest BCUT2D eigenvalue weighted by Crippen LogP contribution is 2.13. The van der Waals surface area contributed by atoms with Crippen molar-refractivity contribution in [2.45, 2.75) is 19.4 Å². The maximum atomic E-state index is 11.3. The van der Waals surface area contributed by atoms with E-state index in [2.05, 4.69) is 9.97 Å². The first-order valence-corrected chi connectivity index (χ1v) is 5.80. The first-order chi connectivity index (χ1) is 7.02. The number of anilines is 1. The molecule has 0 aliphatic carbocycles. The molecule has 0 fully saturated rings. The van der Waals surface area contributed by atoms with Gasteiger partial charge in [-0.15, -0.1) is 0 Å². The van der Waals surface area contributed by atoms with Crippen molar-refractivity contribution < 1.29 is 0 Å². The topological polar surface area (TPSA) is 75.0 Å². The highest BCUT2D eigenvalue weighted by Gasteiger charge is 2.10. The lowest BCUT2D eigenvalue weighted by Gasteiger charge is -2.19. The van der Waals surface area contributed by atoms with E-state index in [9.17, 15) is 4.79 Å². The van der Waals surface area contributed by atoms with Gasteiger partial charge in [0, 0.05) is 19.6 Å². The fourth-order valence-electron chi connectivity index (χ4n) is 1.14. The van der Waals surface area contributed by atoms with Gasteiger partial charge in [0.25, 0.3) is 5.56 Å². The number of aromatic nitrogens is 2. The van der Waals surface area contributed by atoms with E-state index in [0.29, 0.717) is 9.39 Å². The second-order valence-electron chi connectivity index (χ2n) is 3.56. The Morgan fingerprint density at radius 2 is 2.40 bits per heavy atom. The van der Waals surface area contributed by atoms with Crippen molar-refractivity contribution in [1.82, 2.24) is 9.97 Å². The SMILES string of the molecule is CC(N)CCN(C)c1nc[nH]c(=O)c1I. The van der Waals surface area contributed by atoms with Crippen LogP contribution in [-0.4, -0.2) is 29.6 Å². The summed E-state index contributed by atoms with van der Waals surface area (Å²) >= 11 is 2.00. The fourth-order valence-corrected chi connectivity index (χ4v) is 1.85. The number of halogens is 1. The summed E-state index contributed by atoms with van der Waals surface area (Å²) in [4.78, 5) is 19.9. The van der Waals surface area contributed by atoms with Crippen LogP contribution in [0.4, 0.5) is 5.82 Å². The molecular formula is C9H15IN4O. The van der Waals surface area contributed by atoms with E-state index in [4.69, 9.17) is 5.73 Å². The van der Waals surface area contributed by atoms with Crippen molar-refractivity contribution in [1.29, 1.82) is 0 Å². The summed E-state index contributed by atoms with van der Waals surface area (Å²) in [6, 6.07) is 0.159. The lowest BCUT2D eigenvalue weighted by Crippen LogP contribution is -2.28. The van der Waals surface area contributed by atoms with Crippen molar-refractivity contribution in [3.8, 4) is 0 Å². The van der Waals surface area contributed by atoms with Gasteiger partial charge in [-0.2, -0.15) is 0 Å². The van der Waals surface area contributed by atoms with Gasteiger partial charge in [0.2, 0.25) is 0 Å². The van der Waals surface area contributed by atoms with Crippen molar-refractivity contribution in [3.05, 3.63) is 20.3 Å². The second-order valence-corrected chi connectivity index (χ2v) is 4.64. The molecule has 0 saturated carbocycles. The van der Waals surface area contributed by atoms with Crippen LogP contribution in [0.2, 0.25) is 0 Å². The minimum atomic E-state index is -0.103. The van der Waals surface area contributed by atoms with Crippen LogP contribution in [0.3, 0.4) is 0 Å². The van der Waals surface area contributed by atoms with E-state index in [1.165, 1.54) is 6.33 Å². The summed E-state index contributed by atoms with van der Waals surface area (Å²) in [5.41, 5.74) is 5.57. The maximum absolute atomic E-state index is 11.3. The van der Waals surface area contributed by atoms with Gasteiger partial charge in [-0.1, -0.05) is 0 Å². The minimum Gasteiger partial charge on any atom is -0.359 e. The Balaban J connectivity index is 2.78. The molecule has 0 bridgehead atoms. The third kappa shape index (κ3) is 3.45. The van der Waals surface area contributed by atoms with Crippen LogP contribution >= 0.6 is 22.6 Å². The van der Waals surface area contributed by atoms with Crippen molar-refractivity contribution in [3.63, 3.8) is 0 Å². The molecule has 1 atom stereocenters. The summed E-state index contributed by atoms with van der Waals surface area (Å²) in [6.45, 7) is 2.76. The quantitative estimate of drug-likeness (QED) is 0.794. The van der Waals surface area contributed by atoms with Crippen LogP contribution in [0.25, 0.3) is 0 Å². The molecule has 0 saturated heterocycles. The Bertz CT molecular complexity index is 377. The van der Waals surface area contributed by atoms with Crippen molar-refractivity contribution in [2.75, 3.05) is 18.5 Å². The van der Waals surface area contributed by atoms with Gasteiger partial charge in [-0.3, -0.25) is 4.79 Å². The van der Waals surface area contributed by atoms with Crippen molar-refractivity contribution >= 4 is 28.4 Å². The first-order valence-electron chi connectivity index (χ1n) is 4.72. The summed E-state index contributed by atoms with van der Waals surface area (Å²) in [5.74, 6) is 0.708. The van der Waals surface area contributed by atoms with Gasteiger partial charge in [-0.05, 0) is 35.9 Å². The number of aromatic amines is 1. The molecule has 0 aliphatic heterocycles. The van der Waals surface area contributed by atoms with E-state index in [1.807, 2.05) is 41.5 Å². The Morgan fingerprint density at radius 1 is 1.73 bits per heavy atom. The Kier molecular flexibility index (Phi) is 4.52. The number of nitrogens with two attached hydrogens (primary N) is 1. The van der Waals surface area contributed by atoms with Gasteiger partial charge < -0.3 is 15.6 Å². The molecule has 1 aromatic rings. The predicted molar refractivity (Wildman–Crippen MR) is 69.1 cm³/mol. The molecule has 1 rings (SSSR count). The Labute approximate surface area is 102 Å². The highest BCUT2D eigenvalue weighted by molar-refractivity contribution is 14.1. The molecule has 84 valence electrons. The summed E-state index contributed by atoms with van der Waals surface area (Å²) in [7, 11) is 1.91. The van der Waals surface area contributed by atoms with Gasteiger partial charge in [-0.25, -0.2) is 4.98 Å². The molecule has 15 heavy (non-hydrogen) atoms. The van der Waals surface area contributed by atoms with Gasteiger partial charge >= 0.3 is 0 Å².